The lowest BCUT2D eigenvalue weighted by Gasteiger charge is -2.18. The Morgan fingerprint density at radius 1 is 0.848 bits per heavy atom. The number of hydrazine groups is 2. The molecule has 4 rings (SSSR count). The molecule has 13 heteroatoms. The summed E-state index contributed by atoms with van der Waals surface area (Å²) in [6.45, 7) is 4.50. The molecule has 0 unspecified atom stereocenters. The molecule has 33 heavy (non-hydrogen) atoms. The van der Waals surface area contributed by atoms with Crippen molar-refractivity contribution >= 4 is 40.0 Å². The van der Waals surface area contributed by atoms with Crippen molar-refractivity contribution in [1.82, 2.24) is 5.32 Å². The Morgan fingerprint density at radius 2 is 1.36 bits per heavy atom. The van der Waals surface area contributed by atoms with Gasteiger partial charge in [-0.1, -0.05) is 11.6 Å². The lowest BCUT2D eigenvalue weighted by molar-refractivity contribution is -0.384. The fraction of sp³-hybridized carbons (Fsp3) is 0.400. The van der Waals surface area contributed by atoms with Crippen LogP contribution in [-0.2, 0) is 0 Å². The number of nitro benzene ring substituents is 2. The van der Waals surface area contributed by atoms with Crippen LogP contribution in [0.15, 0.2) is 36.4 Å². The van der Waals surface area contributed by atoms with Gasteiger partial charge in [0.05, 0.1) is 9.85 Å². The predicted molar refractivity (Wildman–Crippen MR) is 130 cm³/mol. The molecule has 0 spiro atoms. The first-order chi connectivity index (χ1) is 15.9. The van der Waals surface area contributed by atoms with Crippen molar-refractivity contribution in [1.29, 1.82) is 0 Å². The number of rotatable bonds is 5. The van der Waals surface area contributed by atoms with E-state index in [-0.39, 0.29) is 17.1 Å². The van der Waals surface area contributed by atoms with E-state index in [2.05, 4.69) is 21.1 Å². The van der Waals surface area contributed by atoms with E-state index in [4.69, 9.17) is 23.3 Å². The van der Waals surface area contributed by atoms with Crippen LogP contribution in [0.2, 0.25) is 5.02 Å². The number of anilines is 3. The maximum Gasteiger partial charge on any atom is 0.293 e. The molecule has 2 fully saturated rings. The Bertz CT molecular complexity index is 929. The molecule has 2 aliphatic rings. The molecule has 2 aromatic rings. The molecular weight excluding hydrogens is 452 g/mol. The van der Waals surface area contributed by atoms with Crippen LogP contribution in [0.1, 0.15) is 25.7 Å². The highest BCUT2D eigenvalue weighted by atomic mass is 35.5. The van der Waals surface area contributed by atoms with Gasteiger partial charge >= 0.3 is 0 Å². The number of benzene rings is 2. The van der Waals surface area contributed by atoms with Crippen LogP contribution < -0.4 is 32.8 Å². The zero-order valence-electron chi connectivity index (χ0n) is 18.1. The molecule has 0 saturated carbocycles. The van der Waals surface area contributed by atoms with Crippen molar-refractivity contribution in [3.63, 3.8) is 0 Å². The summed E-state index contributed by atoms with van der Waals surface area (Å²) in [5.41, 5.74) is 6.01. The zero-order valence-corrected chi connectivity index (χ0v) is 18.9. The molecule has 12 nitrogen and oxygen atoms in total. The number of nitrogens with one attached hydrogen (secondary N) is 3. The molecule has 0 bridgehead atoms. The summed E-state index contributed by atoms with van der Waals surface area (Å²) in [6, 6.07) is 9.09. The van der Waals surface area contributed by atoms with Crippen molar-refractivity contribution in [2.45, 2.75) is 25.7 Å². The maximum atomic E-state index is 10.7. The minimum Gasteiger partial charge on any atom is -0.371 e. The number of hydrogen-bond donors (Lipinski definition) is 5. The largest absolute Gasteiger partial charge is 0.371 e. The van der Waals surface area contributed by atoms with Gasteiger partial charge in [-0.3, -0.25) is 31.9 Å². The standard InChI is InChI=1S/C10H14N4O2.C6H6ClN3O2.C4H9N/c11-12-9-7-8(13-5-1-2-6-13)3-4-10(9)14(15)16;7-4-1-2-6(10(11)12)5(3-4)9-8;1-2-4-5-3-1/h3-4,7,12H,1-2,5-6,11H2;1-3,9H,8H2;5H,1-4H2. The fourth-order valence-electron chi connectivity index (χ4n) is 3.38. The molecule has 2 aliphatic heterocycles. The normalized spacial score (nSPS) is 14.5. The number of halogens is 1. The molecular formula is C20H29ClN8O4. The maximum absolute atomic E-state index is 10.7. The first kappa shape index (κ1) is 26.1. The van der Waals surface area contributed by atoms with Gasteiger partial charge in [-0.05, 0) is 63.0 Å². The summed E-state index contributed by atoms with van der Waals surface area (Å²) in [4.78, 5) is 22.3. The van der Waals surface area contributed by atoms with E-state index in [0.29, 0.717) is 10.7 Å². The van der Waals surface area contributed by atoms with Crippen molar-refractivity contribution in [3.05, 3.63) is 61.6 Å². The molecule has 2 heterocycles. The predicted octanol–water partition coefficient (Wildman–Crippen LogP) is 3.38. The second-order valence-corrected chi connectivity index (χ2v) is 7.75. The van der Waals surface area contributed by atoms with E-state index >= 15 is 0 Å². The molecule has 0 aromatic heterocycles. The quantitative estimate of drug-likeness (QED) is 0.242. The van der Waals surface area contributed by atoms with E-state index in [1.54, 1.807) is 12.1 Å². The number of nitro groups is 2. The van der Waals surface area contributed by atoms with Crippen LogP contribution in [0, 0.1) is 20.2 Å². The summed E-state index contributed by atoms with van der Waals surface area (Å²) < 4.78 is 0. The number of nitrogens with zero attached hydrogens (tertiary/aromatic N) is 3. The lowest BCUT2D eigenvalue weighted by atomic mass is 10.2. The Morgan fingerprint density at radius 3 is 1.82 bits per heavy atom. The molecule has 7 N–H and O–H groups in total. The molecule has 0 atom stereocenters. The van der Waals surface area contributed by atoms with Gasteiger partial charge in [-0.15, -0.1) is 0 Å². The average molecular weight is 481 g/mol. The molecule has 180 valence electrons. The molecule has 0 amide bonds. The summed E-state index contributed by atoms with van der Waals surface area (Å²) in [5, 5.41) is 24.7. The summed E-state index contributed by atoms with van der Waals surface area (Å²) >= 11 is 5.58. The smallest absolute Gasteiger partial charge is 0.293 e. The third-order valence-corrected chi connectivity index (χ3v) is 5.31. The van der Waals surface area contributed by atoms with Crippen LogP contribution in [0.3, 0.4) is 0 Å². The highest BCUT2D eigenvalue weighted by Crippen LogP contribution is 2.30. The molecule has 0 aliphatic carbocycles. The summed E-state index contributed by atoms with van der Waals surface area (Å²) in [5.74, 6) is 10.3. The second-order valence-electron chi connectivity index (χ2n) is 7.32. The Balaban J connectivity index is 0.000000198. The van der Waals surface area contributed by atoms with Crippen LogP contribution >= 0.6 is 11.6 Å². The average Bonchev–Trinajstić information content (AvgIpc) is 3.55. The lowest BCUT2D eigenvalue weighted by Crippen LogP contribution is -2.18. The van der Waals surface area contributed by atoms with E-state index in [1.165, 1.54) is 63.0 Å². The zero-order chi connectivity index (χ0) is 24.2. The molecule has 0 radical (unpaired) electrons. The van der Waals surface area contributed by atoms with Crippen molar-refractivity contribution < 1.29 is 9.85 Å². The van der Waals surface area contributed by atoms with Gasteiger partial charge < -0.3 is 21.1 Å². The SMILES string of the molecule is C1CCNC1.NNc1cc(Cl)ccc1[N+](=O)[O-].NNc1cc(N2CCCC2)ccc1[N+](=O)[O-]. The summed E-state index contributed by atoms with van der Waals surface area (Å²) in [7, 11) is 0. The first-order valence-electron chi connectivity index (χ1n) is 10.5. The van der Waals surface area contributed by atoms with Gasteiger partial charge in [0, 0.05) is 35.9 Å². The first-order valence-corrected chi connectivity index (χ1v) is 10.9. The Kier molecular flexibility index (Phi) is 10.6. The Hall–Kier alpha value is -3.19. The van der Waals surface area contributed by atoms with Gasteiger partial charge in [-0.2, -0.15) is 0 Å². The molecule has 2 saturated heterocycles. The van der Waals surface area contributed by atoms with E-state index in [0.717, 1.165) is 18.8 Å². The van der Waals surface area contributed by atoms with Crippen LogP contribution in [-0.4, -0.2) is 36.0 Å². The van der Waals surface area contributed by atoms with E-state index in [1.807, 2.05) is 0 Å². The number of nitrogen functional groups attached to an aromatic ring is 2. The van der Waals surface area contributed by atoms with Crippen molar-refractivity contribution in [2.24, 2.45) is 11.7 Å². The van der Waals surface area contributed by atoms with E-state index in [9.17, 15) is 20.2 Å². The van der Waals surface area contributed by atoms with E-state index < -0.39 is 9.85 Å². The highest BCUT2D eigenvalue weighted by molar-refractivity contribution is 6.31. The molecule has 2 aromatic carbocycles. The number of nitrogens with two attached hydrogens (primary N) is 2. The van der Waals surface area contributed by atoms with Crippen molar-refractivity contribution in [3.8, 4) is 0 Å². The van der Waals surface area contributed by atoms with Gasteiger partial charge in [0.15, 0.2) is 0 Å². The van der Waals surface area contributed by atoms with Crippen LogP contribution in [0.5, 0.6) is 0 Å². The van der Waals surface area contributed by atoms with Gasteiger partial charge in [0.1, 0.15) is 11.4 Å². The van der Waals surface area contributed by atoms with Crippen LogP contribution in [0.25, 0.3) is 0 Å². The number of hydrogen-bond acceptors (Lipinski definition) is 10. The van der Waals surface area contributed by atoms with Crippen molar-refractivity contribution in [2.75, 3.05) is 41.9 Å². The fourth-order valence-corrected chi connectivity index (χ4v) is 3.55. The monoisotopic (exact) mass is 480 g/mol. The second kappa shape index (κ2) is 13.4. The van der Waals surface area contributed by atoms with Gasteiger partial charge in [0.25, 0.3) is 11.4 Å². The Labute approximate surface area is 196 Å². The van der Waals surface area contributed by atoms with Gasteiger partial charge in [-0.25, -0.2) is 0 Å². The minimum absolute atomic E-state index is 0.00504. The minimum atomic E-state index is -0.536. The highest BCUT2D eigenvalue weighted by Gasteiger charge is 2.18. The topological polar surface area (TPSA) is 178 Å². The van der Waals surface area contributed by atoms with Crippen LogP contribution in [0.4, 0.5) is 28.4 Å². The summed E-state index contributed by atoms with van der Waals surface area (Å²) in [6.07, 6.45) is 5.12. The third-order valence-electron chi connectivity index (χ3n) is 5.07. The van der Waals surface area contributed by atoms with Gasteiger partial charge in [0.2, 0.25) is 0 Å². The third kappa shape index (κ3) is 8.02.